The Balaban J connectivity index is 0.959. The first-order valence-corrected chi connectivity index (χ1v) is 19.3. The van der Waals surface area contributed by atoms with Gasteiger partial charge in [-0.2, -0.15) is 0 Å². The molecule has 272 valence electrons. The van der Waals surface area contributed by atoms with Crippen LogP contribution in [0.2, 0.25) is 5.15 Å². The molecule has 3 amide bonds. The molecule has 2 aromatic carbocycles. The van der Waals surface area contributed by atoms with Gasteiger partial charge >= 0.3 is 0 Å². The average Bonchev–Trinajstić information content (AvgIpc) is 3.76. The van der Waals surface area contributed by atoms with Crippen LogP contribution in [0, 0.1) is 30.9 Å². The van der Waals surface area contributed by atoms with Crippen LogP contribution in [-0.2, 0) is 11.2 Å². The molecule has 5 aromatic rings. The number of nitrogens with one attached hydrogen (secondary N) is 3. The van der Waals surface area contributed by atoms with E-state index < -0.39 is 35.2 Å². The number of pyridine rings is 1. The fourth-order valence-electron chi connectivity index (χ4n) is 7.11. The van der Waals surface area contributed by atoms with Crippen molar-refractivity contribution in [3.8, 4) is 9.75 Å². The zero-order valence-electron chi connectivity index (χ0n) is 28.8. The second kappa shape index (κ2) is 14.0. The lowest BCUT2D eigenvalue weighted by atomic mass is 9.72. The Bertz CT molecular complexity index is 2260. The van der Waals surface area contributed by atoms with Gasteiger partial charge in [0.2, 0.25) is 0 Å². The molecule has 6 heterocycles. The molecule has 1 atom stereocenters. The molecule has 3 aliphatic heterocycles. The van der Waals surface area contributed by atoms with Gasteiger partial charge in [-0.15, -0.1) is 22.7 Å². The van der Waals surface area contributed by atoms with Crippen LogP contribution < -0.4 is 20.9 Å². The van der Waals surface area contributed by atoms with E-state index in [4.69, 9.17) is 16.3 Å². The van der Waals surface area contributed by atoms with Crippen LogP contribution in [0.25, 0.3) is 9.75 Å². The second-order valence-electron chi connectivity index (χ2n) is 13.8. The van der Waals surface area contributed by atoms with Crippen molar-refractivity contribution >= 4 is 69.1 Å². The Morgan fingerprint density at radius 1 is 1.00 bits per heavy atom. The van der Waals surface area contributed by atoms with Gasteiger partial charge in [0.05, 0.1) is 32.0 Å². The van der Waals surface area contributed by atoms with E-state index in [9.17, 15) is 14.4 Å². The van der Waals surface area contributed by atoms with Gasteiger partial charge in [0.25, 0.3) is 17.7 Å². The van der Waals surface area contributed by atoms with E-state index in [1.807, 2.05) is 25.3 Å². The monoisotopic (exact) mass is 773 g/mol. The van der Waals surface area contributed by atoms with Gasteiger partial charge < -0.3 is 25.6 Å². The second-order valence-corrected chi connectivity index (χ2v) is 16.1. The maximum Gasteiger partial charge on any atom is 0.265 e. The van der Waals surface area contributed by atoms with Crippen molar-refractivity contribution in [2.75, 3.05) is 41.8 Å². The predicted molar refractivity (Wildman–Crippen MR) is 204 cm³/mol. The SMILES string of the molecule is Cc1cc(C(=O)Nc2ccc(C(=O)N3CCc4cc(C(=O)Nc5c(F)cc(C6CC7(CCO6)CNC7)cc5F)sc4-c4sccc43)cc2)c(Cl)nc1C. The minimum absolute atomic E-state index is 0.106. The number of hydrogen-bond acceptors (Lipinski definition) is 8. The summed E-state index contributed by atoms with van der Waals surface area (Å²) in [6, 6.07) is 14.4. The van der Waals surface area contributed by atoms with Crippen molar-refractivity contribution in [2.24, 2.45) is 5.41 Å². The molecule has 14 heteroatoms. The number of carbonyl (C=O) groups excluding carboxylic acids is 3. The number of rotatable bonds is 6. The van der Waals surface area contributed by atoms with E-state index in [0.717, 1.165) is 46.1 Å². The third-order valence-corrected chi connectivity index (χ3v) is 12.9. The standard InChI is InChI=1S/C39H34ClF2N5O4S2/c1-20-13-26(35(40)44-21(20)2)36(48)45-25-5-3-22(4-6-25)38(50)47-10-7-23-16-31(53-33(23)34-29(47)8-12-52-34)37(49)46-32-27(41)14-24(15-28(32)42)30-17-39(9-11-51-30)18-43-19-39/h3-6,8,12-16,30,43H,7,9-11,17-19H2,1-2H3,(H,45,48)(H,46,49). The Hall–Kier alpha value is -4.53. The molecule has 3 aromatic heterocycles. The first-order chi connectivity index (χ1) is 25.5. The topological polar surface area (TPSA) is 113 Å². The van der Waals surface area contributed by atoms with Crippen LogP contribution in [0.4, 0.5) is 25.8 Å². The van der Waals surface area contributed by atoms with E-state index >= 15 is 8.78 Å². The Morgan fingerprint density at radius 2 is 1.75 bits per heavy atom. The molecule has 0 bridgehead atoms. The molecule has 1 unspecified atom stereocenters. The van der Waals surface area contributed by atoms with E-state index in [0.29, 0.717) is 53.4 Å². The number of nitrogens with zero attached hydrogens (tertiary/aromatic N) is 2. The molecular formula is C39H34ClF2N5O4S2. The Kier molecular flexibility index (Phi) is 9.40. The third kappa shape index (κ3) is 6.76. The lowest BCUT2D eigenvalue weighted by Gasteiger charge is -2.48. The highest BCUT2D eigenvalue weighted by Gasteiger charge is 2.42. The molecule has 0 aliphatic carbocycles. The molecule has 3 aliphatic rings. The molecule has 2 saturated heterocycles. The van der Waals surface area contributed by atoms with Gasteiger partial charge in [0.1, 0.15) is 22.5 Å². The molecule has 8 rings (SSSR count). The number of amides is 3. The molecular weight excluding hydrogens is 740 g/mol. The maximum absolute atomic E-state index is 15.3. The van der Waals surface area contributed by atoms with Gasteiger partial charge in [0.15, 0.2) is 0 Å². The molecule has 3 N–H and O–H groups in total. The number of carbonyl (C=O) groups is 3. The normalized spacial score (nSPS) is 17.4. The van der Waals surface area contributed by atoms with Crippen molar-refractivity contribution in [1.29, 1.82) is 0 Å². The number of halogens is 3. The maximum atomic E-state index is 15.3. The number of thiophene rings is 2. The number of aryl methyl sites for hydroxylation is 2. The summed E-state index contributed by atoms with van der Waals surface area (Å²) in [4.78, 5) is 48.0. The van der Waals surface area contributed by atoms with E-state index in [2.05, 4.69) is 20.9 Å². The first kappa shape index (κ1) is 35.5. The fraction of sp³-hybridized carbons (Fsp3) is 0.282. The number of ether oxygens (including phenoxy) is 1. The molecule has 2 fully saturated rings. The molecule has 1 spiro atoms. The van der Waals surface area contributed by atoms with Gasteiger partial charge in [-0.3, -0.25) is 14.4 Å². The summed E-state index contributed by atoms with van der Waals surface area (Å²) < 4.78 is 36.5. The predicted octanol–water partition coefficient (Wildman–Crippen LogP) is 8.57. The zero-order valence-corrected chi connectivity index (χ0v) is 31.2. The molecule has 53 heavy (non-hydrogen) atoms. The van der Waals surface area contributed by atoms with Gasteiger partial charge in [-0.1, -0.05) is 11.6 Å². The summed E-state index contributed by atoms with van der Waals surface area (Å²) in [6.45, 7) is 6.30. The average molecular weight is 774 g/mol. The lowest BCUT2D eigenvalue weighted by Crippen LogP contribution is -2.56. The zero-order chi connectivity index (χ0) is 37.0. The third-order valence-electron chi connectivity index (χ3n) is 10.3. The van der Waals surface area contributed by atoms with Crippen molar-refractivity contribution in [2.45, 2.75) is 39.2 Å². The van der Waals surface area contributed by atoms with E-state index in [-0.39, 0.29) is 22.0 Å². The number of benzene rings is 2. The van der Waals surface area contributed by atoms with Crippen molar-refractivity contribution in [3.05, 3.63) is 115 Å². The van der Waals surface area contributed by atoms with Crippen molar-refractivity contribution in [3.63, 3.8) is 0 Å². The smallest absolute Gasteiger partial charge is 0.265 e. The largest absolute Gasteiger partial charge is 0.373 e. The van der Waals surface area contributed by atoms with Crippen LogP contribution in [0.1, 0.15) is 71.7 Å². The minimum atomic E-state index is -0.852. The van der Waals surface area contributed by atoms with Crippen molar-refractivity contribution in [1.82, 2.24) is 10.3 Å². The van der Waals surface area contributed by atoms with Crippen LogP contribution >= 0.6 is 34.3 Å². The Labute approximate surface area is 317 Å². The number of hydrogen-bond donors (Lipinski definition) is 3. The lowest BCUT2D eigenvalue weighted by molar-refractivity contribution is -0.0702. The summed E-state index contributed by atoms with van der Waals surface area (Å²) in [5.41, 5.74) is 4.38. The molecule has 0 radical (unpaired) electrons. The summed E-state index contributed by atoms with van der Waals surface area (Å²) in [7, 11) is 0. The number of anilines is 3. The van der Waals surface area contributed by atoms with E-state index in [1.165, 1.54) is 34.8 Å². The van der Waals surface area contributed by atoms with Gasteiger partial charge in [0, 0.05) is 48.6 Å². The fourth-order valence-corrected chi connectivity index (χ4v) is 9.57. The van der Waals surface area contributed by atoms with Crippen LogP contribution in [-0.4, -0.2) is 48.9 Å². The highest BCUT2D eigenvalue weighted by Crippen LogP contribution is 2.46. The molecule has 9 nitrogen and oxygen atoms in total. The highest BCUT2D eigenvalue weighted by atomic mass is 35.5. The van der Waals surface area contributed by atoms with Gasteiger partial charge in [-0.05, 0) is 110 Å². The van der Waals surface area contributed by atoms with Gasteiger partial charge in [-0.25, -0.2) is 13.8 Å². The van der Waals surface area contributed by atoms with Crippen LogP contribution in [0.5, 0.6) is 0 Å². The minimum Gasteiger partial charge on any atom is -0.373 e. The number of fused-ring (bicyclic) bond motifs is 3. The Morgan fingerprint density at radius 3 is 2.47 bits per heavy atom. The summed E-state index contributed by atoms with van der Waals surface area (Å²) in [5, 5.41) is 10.6. The highest BCUT2D eigenvalue weighted by molar-refractivity contribution is 7.23. The summed E-state index contributed by atoms with van der Waals surface area (Å²) in [5.74, 6) is -2.94. The summed E-state index contributed by atoms with van der Waals surface area (Å²) in [6.07, 6.45) is 1.66. The van der Waals surface area contributed by atoms with Crippen LogP contribution in [0.3, 0.4) is 0 Å². The number of aromatic nitrogens is 1. The van der Waals surface area contributed by atoms with Crippen LogP contribution in [0.15, 0.2) is 60.0 Å². The quantitative estimate of drug-likeness (QED) is 0.149. The first-order valence-electron chi connectivity index (χ1n) is 17.2. The van der Waals surface area contributed by atoms with E-state index in [1.54, 1.807) is 41.3 Å². The molecule has 0 saturated carbocycles. The summed E-state index contributed by atoms with van der Waals surface area (Å²) >= 11 is 8.89. The van der Waals surface area contributed by atoms with Crippen molar-refractivity contribution < 1.29 is 27.9 Å².